The molecule has 0 aliphatic rings. The van der Waals surface area contributed by atoms with Gasteiger partial charge in [0.15, 0.2) is 0 Å². The van der Waals surface area contributed by atoms with Gasteiger partial charge in [-0.15, -0.1) is 0 Å². The standard InChI is InChI=1S/C9H11ClN2O3/c10-6-1-3-11-8(5-6)7(2-4-13)12-9(14)15/h1,3,5,7,12-13H,2,4H2,(H,14,15). The minimum atomic E-state index is -1.16. The number of hydrogen-bond donors (Lipinski definition) is 3. The Morgan fingerprint density at radius 1 is 1.67 bits per heavy atom. The Balaban J connectivity index is 2.83. The number of hydrogen-bond acceptors (Lipinski definition) is 3. The topological polar surface area (TPSA) is 82.5 Å². The average molecular weight is 231 g/mol. The van der Waals surface area contributed by atoms with Crippen LogP contribution in [0.5, 0.6) is 0 Å². The second-order valence-corrected chi connectivity index (χ2v) is 3.35. The molecule has 1 atom stereocenters. The van der Waals surface area contributed by atoms with Crippen LogP contribution in [0.4, 0.5) is 4.79 Å². The predicted octanol–water partition coefficient (Wildman–Crippen LogP) is 1.43. The highest BCUT2D eigenvalue weighted by Crippen LogP contribution is 2.17. The number of halogens is 1. The van der Waals surface area contributed by atoms with Crippen molar-refractivity contribution < 1.29 is 15.0 Å². The third kappa shape index (κ3) is 3.73. The number of aliphatic hydroxyl groups excluding tert-OH is 1. The molecule has 1 rings (SSSR count). The zero-order valence-electron chi connectivity index (χ0n) is 7.85. The monoisotopic (exact) mass is 230 g/mol. The van der Waals surface area contributed by atoms with Crippen LogP contribution >= 0.6 is 11.6 Å². The maximum atomic E-state index is 10.5. The molecule has 0 fully saturated rings. The molecule has 0 bridgehead atoms. The molecule has 1 aromatic heterocycles. The van der Waals surface area contributed by atoms with Crippen molar-refractivity contribution in [2.45, 2.75) is 12.5 Å². The highest BCUT2D eigenvalue weighted by atomic mass is 35.5. The van der Waals surface area contributed by atoms with E-state index in [0.29, 0.717) is 10.7 Å². The lowest BCUT2D eigenvalue weighted by atomic mass is 10.1. The molecule has 0 aliphatic carbocycles. The lowest BCUT2D eigenvalue weighted by Gasteiger charge is -2.14. The Labute approximate surface area is 91.7 Å². The highest BCUT2D eigenvalue weighted by molar-refractivity contribution is 6.30. The Bertz CT molecular complexity index is 346. The van der Waals surface area contributed by atoms with Crippen molar-refractivity contribution >= 4 is 17.7 Å². The van der Waals surface area contributed by atoms with E-state index in [1.165, 1.54) is 6.20 Å². The second-order valence-electron chi connectivity index (χ2n) is 2.91. The van der Waals surface area contributed by atoms with Gasteiger partial charge in [-0.1, -0.05) is 11.6 Å². The lowest BCUT2D eigenvalue weighted by Crippen LogP contribution is -2.28. The summed E-state index contributed by atoms with van der Waals surface area (Å²) in [4.78, 5) is 14.5. The molecular weight excluding hydrogens is 220 g/mol. The summed E-state index contributed by atoms with van der Waals surface area (Å²) in [5.74, 6) is 0. The first-order valence-corrected chi connectivity index (χ1v) is 4.73. The van der Waals surface area contributed by atoms with Crippen molar-refractivity contribution in [1.29, 1.82) is 0 Å². The average Bonchev–Trinajstić information content (AvgIpc) is 2.16. The Morgan fingerprint density at radius 2 is 2.40 bits per heavy atom. The molecule has 1 amide bonds. The van der Waals surface area contributed by atoms with Gasteiger partial charge in [0.2, 0.25) is 0 Å². The summed E-state index contributed by atoms with van der Waals surface area (Å²) in [5.41, 5.74) is 0.499. The van der Waals surface area contributed by atoms with Gasteiger partial charge in [0.25, 0.3) is 0 Å². The first-order chi connectivity index (χ1) is 7.13. The maximum Gasteiger partial charge on any atom is 0.405 e. The molecule has 0 spiro atoms. The van der Waals surface area contributed by atoms with E-state index in [-0.39, 0.29) is 13.0 Å². The van der Waals surface area contributed by atoms with Crippen molar-refractivity contribution in [3.05, 3.63) is 29.0 Å². The number of rotatable bonds is 4. The highest BCUT2D eigenvalue weighted by Gasteiger charge is 2.14. The van der Waals surface area contributed by atoms with Crippen LogP contribution in [0.25, 0.3) is 0 Å². The first-order valence-electron chi connectivity index (χ1n) is 4.35. The summed E-state index contributed by atoms with van der Waals surface area (Å²) in [6, 6.07) is 2.63. The number of nitrogens with zero attached hydrogens (tertiary/aromatic N) is 1. The van der Waals surface area contributed by atoms with E-state index in [9.17, 15) is 4.79 Å². The van der Waals surface area contributed by atoms with Crippen molar-refractivity contribution in [3.8, 4) is 0 Å². The molecule has 1 aromatic rings. The van der Waals surface area contributed by atoms with Crippen LogP contribution in [-0.2, 0) is 0 Å². The fourth-order valence-electron chi connectivity index (χ4n) is 1.18. The van der Waals surface area contributed by atoms with Gasteiger partial charge in [-0.05, 0) is 18.6 Å². The number of aliphatic hydroxyl groups is 1. The maximum absolute atomic E-state index is 10.5. The summed E-state index contributed by atoms with van der Waals surface area (Å²) in [5, 5.41) is 20.1. The number of pyridine rings is 1. The Kier molecular flexibility index (Phi) is 4.33. The first kappa shape index (κ1) is 11.7. The van der Waals surface area contributed by atoms with Crippen molar-refractivity contribution in [3.63, 3.8) is 0 Å². The van der Waals surface area contributed by atoms with Gasteiger partial charge in [0.1, 0.15) is 0 Å². The van der Waals surface area contributed by atoms with Crippen LogP contribution < -0.4 is 5.32 Å². The molecule has 15 heavy (non-hydrogen) atoms. The number of carbonyl (C=O) groups is 1. The summed E-state index contributed by atoms with van der Waals surface area (Å²) < 4.78 is 0. The predicted molar refractivity (Wildman–Crippen MR) is 54.9 cm³/mol. The van der Waals surface area contributed by atoms with Crippen LogP contribution in [0, 0.1) is 0 Å². The summed E-state index contributed by atoms with van der Waals surface area (Å²) >= 11 is 5.75. The molecule has 82 valence electrons. The fourth-order valence-corrected chi connectivity index (χ4v) is 1.35. The number of aromatic nitrogens is 1. The van der Waals surface area contributed by atoms with Crippen molar-refractivity contribution in [1.82, 2.24) is 10.3 Å². The zero-order chi connectivity index (χ0) is 11.3. The number of amides is 1. The largest absolute Gasteiger partial charge is 0.465 e. The quantitative estimate of drug-likeness (QED) is 0.731. The molecule has 0 saturated heterocycles. The minimum absolute atomic E-state index is 0.126. The normalized spacial score (nSPS) is 12.1. The second kappa shape index (κ2) is 5.53. The van der Waals surface area contributed by atoms with E-state index in [1.54, 1.807) is 12.1 Å². The van der Waals surface area contributed by atoms with E-state index < -0.39 is 12.1 Å². The van der Waals surface area contributed by atoms with Gasteiger partial charge in [-0.25, -0.2) is 4.79 Å². The van der Waals surface area contributed by atoms with Gasteiger partial charge >= 0.3 is 6.09 Å². The molecule has 1 unspecified atom stereocenters. The summed E-state index contributed by atoms with van der Waals surface area (Å²) in [6.07, 6.45) is 0.598. The van der Waals surface area contributed by atoms with Crippen molar-refractivity contribution in [2.24, 2.45) is 0 Å². The molecule has 0 radical (unpaired) electrons. The Hall–Kier alpha value is -1.33. The van der Waals surface area contributed by atoms with E-state index in [4.69, 9.17) is 21.8 Å². The van der Waals surface area contributed by atoms with Crippen LogP contribution in [0.2, 0.25) is 5.02 Å². The molecule has 1 heterocycles. The van der Waals surface area contributed by atoms with E-state index in [1.807, 2.05) is 0 Å². The molecule has 0 saturated carbocycles. The van der Waals surface area contributed by atoms with E-state index >= 15 is 0 Å². The molecule has 0 aliphatic heterocycles. The van der Waals surface area contributed by atoms with Crippen LogP contribution in [0.1, 0.15) is 18.2 Å². The van der Waals surface area contributed by atoms with Crippen LogP contribution in [0.15, 0.2) is 18.3 Å². The summed E-state index contributed by atoms with van der Waals surface area (Å²) in [6.45, 7) is -0.126. The molecule has 3 N–H and O–H groups in total. The number of nitrogens with one attached hydrogen (secondary N) is 1. The van der Waals surface area contributed by atoms with Gasteiger partial charge in [-0.3, -0.25) is 4.98 Å². The third-order valence-electron chi connectivity index (χ3n) is 1.82. The van der Waals surface area contributed by atoms with Crippen LogP contribution in [-0.4, -0.2) is 27.9 Å². The molecular formula is C9H11ClN2O3. The van der Waals surface area contributed by atoms with Crippen molar-refractivity contribution in [2.75, 3.05) is 6.61 Å². The van der Waals surface area contributed by atoms with Gasteiger partial charge in [0.05, 0.1) is 11.7 Å². The molecule has 6 heteroatoms. The SMILES string of the molecule is O=C(O)NC(CCO)c1cc(Cl)ccn1. The zero-order valence-corrected chi connectivity index (χ0v) is 8.61. The lowest BCUT2D eigenvalue weighted by molar-refractivity contribution is 0.185. The van der Waals surface area contributed by atoms with Crippen LogP contribution in [0.3, 0.4) is 0 Å². The van der Waals surface area contributed by atoms with Gasteiger partial charge < -0.3 is 15.5 Å². The molecule has 5 nitrogen and oxygen atoms in total. The van der Waals surface area contributed by atoms with E-state index in [0.717, 1.165) is 0 Å². The summed E-state index contributed by atoms with van der Waals surface area (Å²) in [7, 11) is 0. The van der Waals surface area contributed by atoms with E-state index in [2.05, 4.69) is 10.3 Å². The molecule has 0 aromatic carbocycles. The van der Waals surface area contributed by atoms with Gasteiger partial charge in [-0.2, -0.15) is 0 Å². The minimum Gasteiger partial charge on any atom is -0.465 e. The number of carboxylic acid groups (broad SMARTS) is 1. The smallest absolute Gasteiger partial charge is 0.405 e. The fraction of sp³-hybridized carbons (Fsp3) is 0.333. The van der Waals surface area contributed by atoms with Gasteiger partial charge in [0, 0.05) is 17.8 Å². The third-order valence-corrected chi connectivity index (χ3v) is 2.05. The Morgan fingerprint density at radius 3 is 2.93 bits per heavy atom.